The molecule has 0 radical (unpaired) electrons. The molecule has 0 aromatic carbocycles. The van der Waals surface area contributed by atoms with Crippen LogP contribution in [0, 0.1) is 0 Å². The summed E-state index contributed by atoms with van der Waals surface area (Å²) < 4.78 is 0. The fourth-order valence-corrected chi connectivity index (χ4v) is 4.20. The Balaban J connectivity index is 1.25. The van der Waals surface area contributed by atoms with Gasteiger partial charge < -0.3 is 15.1 Å². The van der Waals surface area contributed by atoms with E-state index < -0.39 is 0 Å². The molecule has 0 spiro atoms. The molecule has 3 aliphatic rings. The van der Waals surface area contributed by atoms with Gasteiger partial charge in [-0.3, -0.25) is 9.69 Å². The van der Waals surface area contributed by atoms with Gasteiger partial charge in [-0.1, -0.05) is 0 Å². The predicted octanol–water partition coefficient (Wildman–Crippen LogP) is 0.732. The molecule has 1 aromatic rings. The Morgan fingerprint density at radius 1 is 1.04 bits per heavy atom. The molecule has 4 rings (SSSR count). The van der Waals surface area contributed by atoms with Crippen LogP contribution in [0.1, 0.15) is 32.1 Å². The number of piperidine rings is 1. The van der Waals surface area contributed by atoms with Crippen LogP contribution in [-0.2, 0) is 4.79 Å². The number of carbonyl (C=O) groups excluding carboxylic acids is 1. The summed E-state index contributed by atoms with van der Waals surface area (Å²) in [5, 5.41) is 2.95. The Bertz CT molecular complexity index is 585. The number of carbonyl (C=O) groups is 1. The first-order chi connectivity index (χ1) is 12.8. The van der Waals surface area contributed by atoms with E-state index >= 15 is 0 Å². The van der Waals surface area contributed by atoms with Gasteiger partial charge in [0.05, 0.1) is 0 Å². The lowest BCUT2D eigenvalue weighted by Crippen LogP contribution is -2.48. The molecular weight excluding hydrogens is 328 g/mol. The van der Waals surface area contributed by atoms with Gasteiger partial charge in [-0.15, -0.1) is 0 Å². The highest BCUT2D eigenvalue weighted by molar-refractivity contribution is 5.76. The summed E-state index contributed by atoms with van der Waals surface area (Å²) in [6.07, 6.45) is 9.17. The van der Waals surface area contributed by atoms with Crippen molar-refractivity contribution < 1.29 is 4.79 Å². The van der Waals surface area contributed by atoms with Gasteiger partial charge >= 0.3 is 0 Å². The van der Waals surface area contributed by atoms with E-state index in [1.54, 1.807) is 6.33 Å². The standard InChI is InChI=1S/C19H30N6O/c26-19-6-11-24(12-8-21-19)14-13-23-9-4-17(5-10-23)25(16-1-2-16)18-3-7-20-15-22-18/h3,7,15-17H,1-2,4-6,8-14H2,(H,21,26). The maximum absolute atomic E-state index is 11.4. The van der Waals surface area contributed by atoms with E-state index in [2.05, 4.69) is 36.1 Å². The Kier molecular flexibility index (Phi) is 5.65. The summed E-state index contributed by atoms with van der Waals surface area (Å²) in [6.45, 7) is 7.15. The van der Waals surface area contributed by atoms with Crippen LogP contribution in [0.5, 0.6) is 0 Å². The summed E-state index contributed by atoms with van der Waals surface area (Å²) in [7, 11) is 0. The lowest BCUT2D eigenvalue weighted by molar-refractivity contribution is -0.120. The van der Waals surface area contributed by atoms with Gasteiger partial charge in [0.25, 0.3) is 0 Å². The van der Waals surface area contributed by atoms with E-state index in [9.17, 15) is 4.79 Å². The summed E-state index contributed by atoms with van der Waals surface area (Å²) >= 11 is 0. The quantitative estimate of drug-likeness (QED) is 0.809. The molecule has 1 saturated carbocycles. The average molecular weight is 358 g/mol. The molecule has 1 N–H and O–H groups in total. The molecule has 7 heteroatoms. The smallest absolute Gasteiger partial charge is 0.221 e. The van der Waals surface area contributed by atoms with Crippen molar-refractivity contribution in [2.45, 2.75) is 44.2 Å². The topological polar surface area (TPSA) is 64.6 Å². The minimum absolute atomic E-state index is 0.193. The zero-order chi connectivity index (χ0) is 17.8. The number of rotatable bonds is 6. The average Bonchev–Trinajstić information content (AvgIpc) is 3.51. The Labute approximate surface area is 155 Å². The molecular formula is C19H30N6O. The van der Waals surface area contributed by atoms with Crippen molar-refractivity contribution in [3.05, 3.63) is 18.6 Å². The highest BCUT2D eigenvalue weighted by Gasteiger charge is 2.36. The molecule has 2 aliphatic heterocycles. The zero-order valence-corrected chi connectivity index (χ0v) is 15.5. The molecule has 0 bridgehead atoms. The lowest BCUT2D eigenvalue weighted by atomic mass is 10.0. The van der Waals surface area contributed by atoms with Gasteiger partial charge in [0.1, 0.15) is 12.1 Å². The van der Waals surface area contributed by atoms with E-state index in [1.165, 1.54) is 25.7 Å². The molecule has 1 aromatic heterocycles. The molecule has 1 aliphatic carbocycles. The van der Waals surface area contributed by atoms with Crippen LogP contribution in [0.4, 0.5) is 5.82 Å². The summed E-state index contributed by atoms with van der Waals surface area (Å²) in [6, 6.07) is 3.34. The zero-order valence-electron chi connectivity index (χ0n) is 15.5. The number of amides is 1. The van der Waals surface area contributed by atoms with Crippen LogP contribution in [0.3, 0.4) is 0 Å². The predicted molar refractivity (Wildman–Crippen MR) is 101 cm³/mol. The lowest BCUT2D eigenvalue weighted by Gasteiger charge is -2.39. The van der Waals surface area contributed by atoms with Crippen LogP contribution in [0.25, 0.3) is 0 Å². The van der Waals surface area contributed by atoms with Crippen molar-refractivity contribution in [2.75, 3.05) is 50.7 Å². The third-order valence-corrected chi connectivity index (χ3v) is 5.86. The number of anilines is 1. The van der Waals surface area contributed by atoms with E-state index in [0.717, 1.165) is 51.6 Å². The van der Waals surface area contributed by atoms with Gasteiger partial charge in [-0.25, -0.2) is 9.97 Å². The summed E-state index contributed by atoms with van der Waals surface area (Å²) in [5.74, 6) is 1.29. The third kappa shape index (κ3) is 4.51. The van der Waals surface area contributed by atoms with E-state index in [4.69, 9.17) is 0 Å². The Morgan fingerprint density at radius 2 is 1.77 bits per heavy atom. The minimum atomic E-state index is 0.193. The molecule has 3 fully saturated rings. The second-order valence-electron chi connectivity index (χ2n) is 7.72. The van der Waals surface area contributed by atoms with Crippen molar-refractivity contribution in [2.24, 2.45) is 0 Å². The highest BCUT2D eigenvalue weighted by atomic mass is 16.1. The fourth-order valence-electron chi connectivity index (χ4n) is 4.20. The molecule has 0 atom stereocenters. The number of hydrogen-bond acceptors (Lipinski definition) is 6. The first-order valence-corrected chi connectivity index (χ1v) is 10.1. The first kappa shape index (κ1) is 17.7. The Hall–Kier alpha value is -1.73. The summed E-state index contributed by atoms with van der Waals surface area (Å²) in [4.78, 5) is 27.6. The van der Waals surface area contributed by atoms with E-state index in [-0.39, 0.29) is 5.91 Å². The van der Waals surface area contributed by atoms with Crippen LogP contribution in [-0.4, -0.2) is 83.6 Å². The second kappa shape index (κ2) is 8.31. The van der Waals surface area contributed by atoms with Crippen molar-refractivity contribution in [1.82, 2.24) is 25.1 Å². The number of nitrogens with zero attached hydrogens (tertiary/aromatic N) is 5. The van der Waals surface area contributed by atoms with Gasteiger partial charge in [-0.2, -0.15) is 0 Å². The number of nitrogens with one attached hydrogen (secondary N) is 1. The molecule has 142 valence electrons. The maximum atomic E-state index is 11.4. The van der Waals surface area contributed by atoms with E-state index in [1.807, 2.05) is 6.20 Å². The molecule has 3 heterocycles. The highest BCUT2D eigenvalue weighted by Crippen LogP contribution is 2.34. The van der Waals surface area contributed by atoms with Crippen LogP contribution >= 0.6 is 0 Å². The molecule has 26 heavy (non-hydrogen) atoms. The molecule has 2 saturated heterocycles. The van der Waals surface area contributed by atoms with Gasteiger partial charge in [0.2, 0.25) is 5.91 Å². The molecule has 7 nitrogen and oxygen atoms in total. The second-order valence-corrected chi connectivity index (χ2v) is 7.72. The Morgan fingerprint density at radius 3 is 2.46 bits per heavy atom. The van der Waals surface area contributed by atoms with Crippen LogP contribution < -0.4 is 10.2 Å². The van der Waals surface area contributed by atoms with Gasteiger partial charge in [0, 0.05) is 70.5 Å². The SMILES string of the molecule is O=C1CCN(CCN2CCC(N(c3ccncn3)C3CC3)CC2)CCN1. The number of hydrogen-bond donors (Lipinski definition) is 1. The summed E-state index contributed by atoms with van der Waals surface area (Å²) in [5.41, 5.74) is 0. The minimum Gasteiger partial charge on any atom is -0.355 e. The van der Waals surface area contributed by atoms with Crippen molar-refractivity contribution in [3.8, 4) is 0 Å². The normalized spacial score (nSPS) is 23.5. The molecule has 1 amide bonds. The van der Waals surface area contributed by atoms with Crippen LogP contribution in [0.2, 0.25) is 0 Å². The first-order valence-electron chi connectivity index (χ1n) is 10.1. The fraction of sp³-hybridized carbons (Fsp3) is 0.737. The van der Waals surface area contributed by atoms with Crippen LogP contribution in [0.15, 0.2) is 18.6 Å². The van der Waals surface area contributed by atoms with Gasteiger partial charge in [-0.05, 0) is 31.7 Å². The molecule has 0 unspecified atom stereocenters. The number of aromatic nitrogens is 2. The van der Waals surface area contributed by atoms with E-state index in [0.29, 0.717) is 18.5 Å². The monoisotopic (exact) mass is 358 g/mol. The van der Waals surface area contributed by atoms with Gasteiger partial charge in [0.15, 0.2) is 0 Å². The third-order valence-electron chi connectivity index (χ3n) is 5.86. The maximum Gasteiger partial charge on any atom is 0.221 e. The van der Waals surface area contributed by atoms with Crippen molar-refractivity contribution in [1.29, 1.82) is 0 Å². The van der Waals surface area contributed by atoms with Crippen molar-refractivity contribution >= 4 is 11.7 Å². The van der Waals surface area contributed by atoms with Crippen molar-refractivity contribution in [3.63, 3.8) is 0 Å². The number of likely N-dealkylation sites (tertiary alicyclic amines) is 1. The largest absolute Gasteiger partial charge is 0.355 e.